The molecule has 0 unspecified atom stereocenters. The van der Waals surface area contributed by atoms with Gasteiger partial charge in [-0.15, -0.1) is 0 Å². The smallest absolute Gasteiger partial charge is 0.416 e. The number of carbonyl (C=O) groups excluding carboxylic acids is 7. The van der Waals surface area contributed by atoms with Gasteiger partial charge in [-0.05, 0) is 180 Å². The Kier molecular flexibility index (Phi) is 35.6. The van der Waals surface area contributed by atoms with E-state index in [1.165, 1.54) is 109 Å². The van der Waals surface area contributed by atoms with Gasteiger partial charge in [-0.2, -0.15) is 13.2 Å². The first-order chi connectivity index (χ1) is 66.1. The van der Waals surface area contributed by atoms with Crippen LogP contribution in [0.3, 0.4) is 0 Å². The molecule has 5 fully saturated rings. The number of ether oxygens (including phenoxy) is 2. The fourth-order valence-corrected chi connectivity index (χ4v) is 15.6. The van der Waals surface area contributed by atoms with E-state index in [1.807, 2.05) is 87.5 Å². The maximum Gasteiger partial charge on any atom is 0.416 e. The summed E-state index contributed by atoms with van der Waals surface area (Å²) in [4.78, 5) is 141. The molecule has 0 spiro atoms. The Labute approximate surface area is 787 Å². The highest BCUT2D eigenvalue weighted by Gasteiger charge is 2.48. The molecule has 17 rings (SSSR count). The Bertz CT molecular complexity index is 5910. The molecule has 38 heteroatoms. The van der Waals surface area contributed by atoms with E-state index in [1.54, 1.807) is 52.4 Å². The standard InChI is InChI=1S/C21H19N3O2.C17H15F3N2O2.C17H15N5O2.C17H18N2O3.C16H24N4O4.C11H16N4O2/c25-20(24-26)17-13-22-19(23-14-17)12-21(10-11-21)18-8-6-16(7-9-18)15-4-2-1-3-5-15;18-17(19,20)13-3-1-2-12(6-13)16(4-5-16)7-15-21-8-11(9-22-15)14(24)10-23;23-17(22-24)12-10-20-16(21-11-12)9-13(14-5-1-3-7-18-14)15-6-2-4-8-19-15;1-22-14-4-2-3-13(7-14)17(5-6-17)8-16-18-9-12(10-19-16)15(21)11-20;1-16(2,3)24-15(22)20-6-4-11(5-7-20)8-13-17-9-12(10-18-13)14(21)19-23;16-11(15-17)9-6-13-10(14-7-9)5-8-1-3-12-4-2-8/h1-9,13-14,26H,10-12H2,(H,24,25);1-3,6,8-9,23H,4-5,7,10H2;1-8,10-11,13,24H,9H2,(H,22,23);2-4,7,9-10,20H,5-6,8,11H2,1H3;9-11,23H,4-8H2,1-3H3,(H,19,21);6-8,12,17H,1-5H2,(H,15,16). The van der Waals surface area contributed by atoms with Crippen molar-refractivity contribution in [1.82, 2.24) is 102 Å². The average Bonchev–Trinajstić information content (AvgIpc) is 1.61. The molecule has 2 saturated heterocycles. The zero-order chi connectivity index (χ0) is 97.5. The van der Waals surface area contributed by atoms with Gasteiger partial charge in [0, 0.05) is 166 Å². The number of methoxy groups -OCH3 is 1. The number of benzene rings is 4. The molecule has 11 N–H and O–H groups in total. The summed E-state index contributed by atoms with van der Waals surface area (Å²) in [6.07, 6.45) is 29.7. The van der Waals surface area contributed by atoms with Crippen LogP contribution in [0, 0.1) is 11.8 Å². The molecule has 0 radical (unpaired) electrons. The highest BCUT2D eigenvalue weighted by molar-refractivity contribution is 5.97. The molecule has 4 aromatic carbocycles. The van der Waals surface area contributed by atoms with Gasteiger partial charge in [0.15, 0.2) is 11.6 Å². The molecule has 35 nitrogen and oxygen atoms in total. The van der Waals surface area contributed by atoms with Crippen LogP contribution in [-0.2, 0) is 65.7 Å². The Morgan fingerprint density at radius 2 is 0.788 bits per heavy atom. The van der Waals surface area contributed by atoms with Crippen molar-refractivity contribution < 1.29 is 87.2 Å². The highest BCUT2D eigenvalue weighted by Crippen LogP contribution is 2.53. The number of alkyl halides is 3. The quantitative estimate of drug-likeness (QED) is 0.0129. The van der Waals surface area contributed by atoms with Crippen LogP contribution in [0.25, 0.3) is 11.1 Å². The van der Waals surface area contributed by atoms with E-state index in [4.69, 9.17) is 40.5 Å². The number of hydrogen-bond donors (Lipinski definition) is 11. The lowest BCUT2D eigenvalue weighted by atomic mass is 9.90. The molecular formula is C99H107F3N20O15. The number of nitrogens with one attached hydrogen (secondary N) is 5. The Morgan fingerprint density at radius 1 is 0.423 bits per heavy atom. The molecule has 137 heavy (non-hydrogen) atoms. The van der Waals surface area contributed by atoms with Crippen LogP contribution in [0.2, 0.25) is 0 Å². The first kappa shape index (κ1) is 101. The van der Waals surface area contributed by atoms with Gasteiger partial charge in [-0.3, -0.25) is 59.6 Å². The molecule has 0 atom stereocenters. The lowest BCUT2D eigenvalue weighted by molar-refractivity contribution is -0.137. The number of aromatic nitrogens is 14. The van der Waals surface area contributed by atoms with Crippen LogP contribution in [0.15, 0.2) is 226 Å². The molecule has 12 aromatic rings. The zero-order valence-corrected chi connectivity index (χ0v) is 75.8. The predicted molar refractivity (Wildman–Crippen MR) is 490 cm³/mol. The molecule has 3 aliphatic carbocycles. The van der Waals surface area contributed by atoms with Gasteiger partial charge >= 0.3 is 12.3 Å². The molecule has 714 valence electrons. The van der Waals surface area contributed by atoms with Crippen molar-refractivity contribution in [1.29, 1.82) is 0 Å². The maximum absolute atomic E-state index is 12.9. The summed E-state index contributed by atoms with van der Waals surface area (Å²) in [5, 5.41) is 55.2. The second-order valence-electron chi connectivity index (χ2n) is 34.7. The second kappa shape index (κ2) is 48.1. The number of amides is 5. The predicted octanol–water partition coefficient (Wildman–Crippen LogP) is 12.1. The minimum absolute atomic E-state index is 0.0804. The Hall–Kier alpha value is -14.5. The first-order valence-corrected chi connectivity index (χ1v) is 44.5. The van der Waals surface area contributed by atoms with Gasteiger partial charge in [-0.25, -0.2) is 86.5 Å². The number of aliphatic hydroxyl groups is 2. The SMILES string of the molecule is CC(C)(C)OC(=O)N1CCC(Cc2ncc(C(=O)NO)cn2)CC1.COc1cccc(C2(Cc3ncc(C(=O)CO)cn3)CC2)c1.O=C(CO)c1cnc(CC2(c3cccc(C(F)(F)F)c3)CC2)nc1.O=C(NO)c1cnc(CC(c2ccccn2)c2ccccn2)nc1.O=C(NO)c1cnc(CC2(c3ccc(-c4ccccc4)cc3)CC2)nc1.O=C(NO)c1cnc(CC2CCNCC2)nc1. The summed E-state index contributed by atoms with van der Waals surface area (Å²) in [5.74, 6) is 2.35. The van der Waals surface area contributed by atoms with Gasteiger partial charge in [0.1, 0.15) is 59.5 Å². The van der Waals surface area contributed by atoms with Gasteiger partial charge < -0.3 is 29.9 Å². The highest BCUT2D eigenvalue weighted by atomic mass is 19.4. The number of aliphatic hydroxyl groups excluding tert-OH is 2. The van der Waals surface area contributed by atoms with E-state index in [9.17, 15) is 46.7 Å². The van der Waals surface area contributed by atoms with E-state index in [0.717, 1.165) is 131 Å². The minimum Gasteiger partial charge on any atom is -0.497 e. The Morgan fingerprint density at radius 3 is 1.16 bits per heavy atom. The van der Waals surface area contributed by atoms with Crippen molar-refractivity contribution in [2.75, 3.05) is 46.5 Å². The number of pyridine rings is 2. The van der Waals surface area contributed by atoms with Crippen molar-refractivity contribution in [3.05, 3.63) is 328 Å². The molecule has 5 amide bonds. The number of ketones is 2. The van der Waals surface area contributed by atoms with E-state index < -0.39 is 60.0 Å². The molecule has 8 aromatic heterocycles. The van der Waals surface area contributed by atoms with Crippen molar-refractivity contribution >= 4 is 41.3 Å². The van der Waals surface area contributed by atoms with Gasteiger partial charge in [-0.1, -0.05) is 97.1 Å². The van der Waals surface area contributed by atoms with Gasteiger partial charge in [0.05, 0.1) is 52.0 Å². The van der Waals surface area contributed by atoms with E-state index in [0.29, 0.717) is 78.6 Å². The normalized spacial score (nSPS) is 14.8. The fourth-order valence-electron chi connectivity index (χ4n) is 15.6. The number of Topliss-reactive ketones (excluding diaryl/α,β-unsaturated/α-hetero) is 2. The number of rotatable bonds is 27. The first-order valence-electron chi connectivity index (χ1n) is 44.5. The largest absolute Gasteiger partial charge is 0.497 e. The lowest BCUT2D eigenvalue weighted by Crippen LogP contribution is -2.42. The third-order valence-electron chi connectivity index (χ3n) is 23.9. The molecular weight excluding hydrogens is 1770 g/mol. The average molecular weight is 1870 g/mol. The summed E-state index contributed by atoms with van der Waals surface area (Å²) in [6.45, 7) is 7.86. The number of hydrogen-bond acceptors (Lipinski definition) is 30. The third-order valence-corrected chi connectivity index (χ3v) is 23.9. The lowest BCUT2D eigenvalue weighted by Gasteiger charge is -2.33. The summed E-state index contributed by atoms with van der Waals surface area (Å²) in [6, 6.07) is 44.0. The van der Waals surface area contributed by atoms with E-state index in [-0.39, 0.29) is 61.9 Å². The van der Waals surface area contributed by atoms with Crippen LogP contribution in [-0.4, -0.2) is 199 Å². The zero-order valence-electron chi connectivity index (χ0n) is 75.8. The number of nitrogens with zero attached hydrogens (tertiary/aromatic N) is 15. The number of halogens is 3. The van der Waals surface area contributed by atoms with Crippen LogP contribution in [0.4, 0.5) is 18.0 Å². The van der Waals surface area contributed by atoms with E-state index >= 15 is 0 Å². The second-order valence-corrected chi connectivity index (χ2v) is 34.7. The summed E-state index contributed by atoms with van der Waals surface area (Å²) in [5.41, 5.74) is 13.7. The van der Waals surface area contributed by atoms with Crippen LogP contribution in [0.5, 0.6) is 5.75 Å². The molecule has 5 aliphatic rings. The minimum atomic E-state index is -4.37. The number of carbonyl (C=O) groups is 7. The monoisotopic (exact) mass is 1870 g/mol. The molecule has 10 heterocycles. The number of piperidine rings is 2. The summed E-state index contributed by atoms with van der Waals surface area (Å²) >= 11 is 0. The third kappa shape index (κ3) is 29.5. The maximum atomic E-state index is 12.9. The molecule has 0 bridgehead atoms. The molecule has 3 saturated carbocycles. The van der Waals surface area contributed by atoms with Crippen molar-refractivity contribution in [3.63, 3.8) is 0 Å². The van der Waals surface area contributed by atoms with Crippen molar-refractivity contribution in [3.8, 4) is 16.9 Å². The summed E-state index contributed by atoms with van der Waals surface area (Å²) < 4.78 is 49.3. The van der Waals surface area contributed by atoms with Gasteiger partial charge in [0.25, 0.3) is 23.6 Å². The Balaban J connectivity index is 0.000000148. The summed E-state index contributed by atoms with van der Waals surface area (Å²) in [7, 11) is 1.67. The van der Waals surface area contributed by atoms with Crippen molar-refractivity contribution in [2.24, 2.45) is 11.8 Å². The molecule has 2 aliphatic heterocycles. The van der Waals surface area contributed by atoms with Crippen LogP contribution < -0.4 is 32.0 Å². The topological polar surface area (TPSA) is 503 Å². The van der Waals surface area contributed by atoms with Crippen molar-refractivity contribution in [2.45, 2.75) is 157 Å². The number of hydroxylamine groups is 4. The van der Waals surface area contributed by atoms with Gasteiger partial charge in [0.2, 0.25) is 0 Å². The van der Waals surface area contributed by atoms with E-state index in [2.05, 4.69) is 124 Å². The fraction of sp³-hybridized carbons (Fsp3) is 0.343. The van der Waals surface area contributed by atoms with Crippen LogP contribution in [0.1, 0.15) is 222 Å². The number of likely N-dealkylation sites (tertiary alicyclic amines) is 1. The van der Waals surface area contributed by atoms with Crippen LogP contribution >= 0.6 is 0 Å².